The zero-order chi connectivity index (χ0) is 23.5. The predicted octanol–water partition coefficient (Wildman–Crippen LogP) is 5.61. The Bertz CT molecular complexity index is 1150. The molecule has 0 atom stereocenters. The molecule has 0 unspecified atom stereocenters. The second kappa shape index (κ2) is 12.0. The maximum Gasteiger partial charge on any atom is 0.266 e. The van der Waals surface area contributed by atoms with Gasteiger partial charge in [0.15, 0.2) is 11.5 Å². The quantitative estimate of drug-likeness (QED) is 0.326. The highest BCUT2D eigenvalue weighted by Crippen LogP contribution is 2.30. The van der Waals surface area contributed by atoms with Gasteiger partial charge in [0.25, 0.3) is 5.91 Å². The highest BCUT2D eigenvalue weighted by Gasteiger charge is 2.13. The standard InChI is InChI=1S/C27H26N2O4/c1-3-31-24-13-9-8-12-23(24)29-27(30)22(18-28)16-21-14-15-25(26(17-21)32-4-2)33-19-20-10-6-5-7-11-20/h5-17H,3-4,19H2,1-2H3,(H,29,30)/b22-16+. The van der Waals surface area contributed by atoms with Gasteiger partial charge in [0.05, 0.1) is 18.9 Å². The first-order chi connectivity index (χ1) is 16.1. The third-order valence-electron chi connectivity index (χ3n) is 4.62. The topological polar surface area (TPSA) is 80.6 Å². The van der Waals surface area contributed by atoms with Gasteiger partial charge in [-0.1, -0.05) is 48.5 Å². The van der Waals surface area contributed by atoms with Crippen molar-refractivity contribution in [2.75, 3.05) is 18.5 Å². The Labute approximate surface area is 194 Å². The van der Waals surface area contributed by atoms with E-state index in [1.807, 2.05) is 56.3 Å². The Balaban J connectivity index is 1.79. The highest BCUT2D eigenvalue weighted by molar-refractivity contribution is 6.10. The highest BCUT2D eigenvalue weighted by atomic mass is 16.5. The van der Waals surface area contributed by atoms with Gasteiger partial charge < -0.3 is 19.5 Å². The third kappa shape index (κ3) is 6.62. The smallest absolute Gasteiger partial charge is 0.266 e. The van der Waals surface area contributed by atoms with E-state index < -0.39 is 5.91 Å². The van der Waals surface area contributed by atoms with E-state index in [1.165, 1.54) is 6.08 Å². The first kappa shape index (κ1) is 23.4. The lowest BCUT2D eigenvalue weighted by molar-refractivity contribution is -0.112. The van der Waals surface area contributed by atoms with Crippen LogP contribution in [0.1, 0.15) is 25.0 Å². The van der Waals surface area contributed by atoms with Crippen LogP contribution >= 0.6 is 0 Å². The fourth-order valence-electron chi connectivity index (χ4n) is 3.09. The summed E-state index contributed by atoms with van der Waals surface area (Å²) in [6, 6.07) is 24.2. The van der Waals surface area contributed by atoms with Crippen LogP contribution in [0.4, 0.5) is 5.69 Å². The van der Waals surface area contributed by atoms with Gasteiger partial charge in [0.2, 0.25) is 0 Å². The number of anilines is 1. The molecule has 1 amide bonds. The Morgan fingerprint density at radius 1 is 0.879 bits per heavy atom. The number of carbonyl (C=O) groups is 1. The van der Waals surface area contributed by atoms with Crippen molar-refractivity contribution >= 4 is 17.7 Å². The fourth-order valence-corrected chi connectivity index (χ4v) is 3.09. The van der Waals surface area contributed by atoms with Crippen LogP contribution in [0.3, 0.4) is 0 Å². The number of nitriles is 1. The average Bonchev–Trinajstić information content (AvgIpc) is 2.84. The van der Waals surface area contributed by atoms with Gasteiger partial charge in [-0.15, -0.1) is 0 Å². The van der Waals surface area contributed by atoms with Gasteiger partial charge in [-0.3, -0.25) is 4.79 Å². The third-order valence-corrected chi connectivity index (χ3v) is 4.62. The summed E-state index contributed by atoms with van der Waals surface area (Å²) in [6.07, 6.45) is 1.52. The molecule has 0 aliphatic heterocycles. The number of ether oxygens (including phenoxy) is 3. The second-order valence-electron chi connectivity index (χ2n) is 6.97. The fraction of sp³-hybridized carbons (Fsp3) is 0.185. The van der Waals surface area contributed by atoms with Crippen molar-refractivity contribution in [3.8, 4) is 23.3 Å². The van der Waals surface area contributed by atoms with Crippen LogP contribution in [-0.2, 0) is 11.4 Å². The Hall–Kier alpha value is -4.24. The summed E-state index contributed by atoms with van der Waals surface area (Å²) in [4.78, 5) is 12.7. The lowest BCUT2D eigenvalue weighted by atomic mass is 10.1. The van der Waals surface area contributed by atoms with Crippen LogP contribution in [0.25, 0.3) is 6.08 Å². The van der Waals surface area contributed by atoms with E-state index in [4.69, 9.17) is 14.2 Å². The van der Waals surface area contributed by atoms with Crippen molar-refractivity contribution in [3.63, 3.8) is 0 Å². The summed E-state index contributed by atoms with van der Waals surface area (Å²) in [5, 5.41) is 12.3. The van der Waals surface area contributed by atoms with Crippen LogP contribution < -0.4 is 19.5 Å². The molecule has 3 aromatic rings. The maximum atomic E-state index is 12.7. The number of carbonyl (C=O) groups excluding carboxylic acids is 1. The molecule has 0 saturated heterocycles. The molecule has 0 aliphatic rings. The number of para-hydroxylation sites is 2. The maximum absolute atomic E-state index is 12.7. The first-order valence-electron chi connectivity index (χ1n) is 10.7. The Morgan fingerprint density at radius 2 is 1.58 bits per heavy atom. The van der Waals surface area contributed by atoms with E-state index in [0.717, 1.165) is 5.56 Å². The summed E-state index contributed by atoms with van der Waals surface area (Å²) < 4.78 is 17.2. The number of nitrogens with one attached hydrogen (secondary N) is 1. The monoisotopic (exact) mass is 442 g/mol. The van der Waals surface area contributed by atoms with Gasteiger partial charge >= 0.3 is 0 Å². The average molecular weight is 443 g/mol. The summed E-state index contributed by atoms with van der Waals surface area (Å²) in [7, 11) is 0. The van der Waals surface area contributed by atoms with E-state index in [1.54, 1.807) is 36.4 Å². The summed E-state index contributed by atoms with van der Waals surface area (Å²) in [5.41, 5.74) is 2.15. The molecular formula is C27H26N2O4. The molecule has 1 N–H and O–H groups in total. The van der Waals surface area contributed by atoms with Gasteiger partial charge in [-0.2, -0.15) is 5.26 Å². The molecule has 0 heterocycles. The van der Waals surface area contributed by atoms with E-state index in [0.29, 0.717) is 48.3 Å². The Kier molecular flexibility index (Phi) is 8.49. The lowest BCUT2D eigenvalue weighted by Gasteiger charge is -2.13. The molecule has 0 fully saturated rings. The number of hydrogen-bond acceptors (Lipinski definition) is 5. The second-order valence-corrected chi connectivity index (χ2v) is 6.97. The minimum absolute atomic E-state index is 0.0401. The Morgan fingerprint density at radius 3 is 2.30 bits per heavy atom. The summed E-state index contributed by atoms with van der Waals surface area (Å²) in [5.74, 6) is 1.16. The van der Waals surface area contributed by atoms with Crippen LogP contribution in [0, 0.1) is 11.3 Å². The summed E-state index contributed by atoms with van der Waals surface area (Å²) in [6.45, 7) is 5.07. The molecule has 3 aromatic carbocycles. The molecule has 3 rings (SSSR count). The van der Waals surface area contributed by atoms with Crippen LogP contribution in [0.5, 0.6) is 17.2 Å². The van der Waals surface area contributed by atoms with E-state index in [-0.39, 0.29) is 5.57 Å². The molecule has 168 valence electrons. The summed E-state index contributed by atoms with van der Waals surface area (Å²) >= 11 is 0. The molecule has 33 heavy (non-hydrogen) atoms. The molecule has 0 spiro atoms. The van der Waals surface area contributed by atoms with Gasteiger partial charge in [0.1, 0.15) is 24.0 Å². The zero-order valence-electron chi connectivity index (χ0n) is 18.7. The molecule has 0 saturated carbocycles. The molecule has 0 bridgehead atoms. The van der Waals surface area contributed by atoms with Crippen LogP contribution in [0.15, 0.2) is 78.4 Å². The van der Waals surface area contributed by atoms with Crippen molar-refractivity contribution in [1.29, 1.82) is 5.26 Å². The van der Waals surface area contributed by atoms with E-state index in [2.05, 4.69) is 5.32 Å². The molecule has 6 heteroatoms. The number of amides is 1. The molecule has 6 nitrogen and oxygen atoms in total. The molecule has 0 aliphatic carbocycles. The van der Waals surface area contributed by atoms with Crippen molar-refractivity contribution < 1.29 is 19.0 Å². The van der Waals surface area contributed by atoms with Crippen molar-refractivity contribution in [1.82, 2.24) is 0 Å². The molecule has 0 aromatic heterocycles. The van der Waals surface area contributed by atoms with Gasteiger partial charge in [-0.25, -0.2) is 0 Å². The number of nitrogens with zero attached hydrogens (tertiary/aromatic N) is 1. The normalized spacial score (nSPS) is 10.8. The van der Waals surface area contributed by atoms with E-state index in [9.17, 15) is 10.1 Å². The molecular weight excluding hydrogens is 416 g/mol. The van der Waals surface area contributed by atoms with Crippen molar-refractivity contribution in [2.24, 2.45) is 0 Å². The first-order valence-corrected chi connectivity index (χ1v) is 10.7. The number of hydrogen-bond donors (Lipinski definition) is 1. The van der Waals surface area contributed by atoms with Gasteiger partial charge in [-0.05, 0) is 55.3 Å². The van der Waals surface area contributed by atoms with Crippen LogP contribution in [0.2, 0.25) is 0 Å². The van der Waals surface area contributed by atoms with Crippen molar-refractivity contribution in [2.45, 2.75) is 20.5 Å². The largest absolute Gasteiger partial charge is 0.492 e. The zero-order valence-corrected chi connectivity index (χ0v) is 18.7. The van der Waals surface area contributed by atoms with Crippen LogP contribution in [-0.4, -0.2) is 19.1 Å². The number of benzene rings is 3. The van der Waals surface area contributed by atoms with E-state index >= 15 is 0 Å². The van der Waals surface area contributed by atoms with Gasteiger partial charge in [0, 0.05) is 0 Å². The SMILES string of the molecule is CCOc1ccccc1NC(=O)/C(C#N)=C/c1ccc(OCc2ccccc2)c(OCC)c1. The predicted molar refractivity (Wildman–Crippen MR) is 128 cm³/mol. The lowest BCUT2D eigenvalue weighted by Crippen LogP contribution is -2.14. The minimum Gasteiger partial charge on any atom is -0.492 e. The minimum atomic E-state index is -0.521. The molecule has 0 radical (unpaired) electrons. The number of rotatable bonds is 10. The van der Waals surface area contributed by atoms with Crippen molar-refractivity contribution in [3.05, 3.63) is 89.5 Å².